The third-order valence-corrected chi connectivity index (χ3v) is 6.01. The topological polar surface area (TPSA) is 114 Å². The highest BCUT2D eigenvalue weighted by molar-refractivity contribution is 7.91. The molecule has 0 saturated carbocycles. The summed E-state index contributed by atoms with van der Waals surface area (Å²) >= 11 is 5.84. The maximum Gasteiger partial charge on any atom is 0.404 e. The lowest BCUT2D eigenvalue weighted by Crippen LogP contribution is -2.23. The molecule has 2 aromatic heterocycles. The molecule has 29 heavy (non-hydrogen) atoms. The number of aromatic nitrogens is 3. The van der Waals surface area contributed by atoms with Crippen molar-refractivity contribution in [2.75, 3.05) is 6.54 Å². The Labute approximate surface area is 170 Å². The van der Waals surface area contributed by atoms with Gasteiger partial charge in [-0.25, -0.2) is 22.3 Å². The maximum atomic E-state index is 14.6. The summed E-state index contributed by atoms with van der Waals surface area (Å²) in [4.78, 5) is 14.6. The number of benzene rings is 1. The van der Waals surface area contributed by atoms with E-state index in [-0.39, 0.29) is 39.3 Å². The molecule has 152 valence electrons. The molecule has 1 aromatic carbocycles. The Bertz CT molecular complexity index is 1160. The van der Waals surface area contributed by atoms with Crippen LogP contribution in [0.2, 0.25) is 5.02 Å². The van der Waals surface area contributed by atoms with E-state index in [9.17, 15) is 17.6 Å². The minimum absolute atomic E-state index is 0.00987. The number of sulfone groups is 1. The van der Waals surface area contributed by atoms with Crippen molar-refractivity contribution in [2.24, 2.45) is 0 Å². The van der Waals surface area contributed by atoms with Gasteiger partial charge in [-0.2, -0.15) is 5.10 Å². The third kappa shape index (κ3) is 4.38. The molecule has 3 rings (SSSR count). The first-order valence-corrected chi connectivity index (χ1v) is 10.2. The van der Waals surface area contributed by atoms with E-state index in [1.54, 1.807) is 13.0 Å². The number of aryl methyl sites for hydroxylation is 1. The molecule has 0 radical (unpaired) electrons. The van der Waals surface area contributed by atoms with E-state index in [0.29, 0.717) is 5.69 Å². The number of carboxylic acid groups (broad SMARTS) is 1. The quantitative estimate of drug-likeness (QED) is 0.611. The van der Waals surface area contributed by atoms with Gasteiger partial charge in [0.25, 0.3) is 0 Å². The van der Waals surface area contributed by atoms with Gasteiger partial charge in [0, 0.05) is 24.9 Å². The Balaban J connectivity index is 2.13. The minimum Gasteiger partial charge on any atom is -0.465 e. The van der Waals surface area contributed by atoms with Crippen LogP contribution in [0.3, 0.4) is 0 Å². The molecule has 0 spiro atoms. The van der Waals surface area contributed by atoms with E-state index in [0.717, 1.165) is 4.68 Å². The number of amides is 1. The van der Waals surface area contributed by atoms with Gasteiger partial charge in [-0.05, 0) is 37.3 Å². The second-order valence-corrected chi connectivity index (χ2v) is 8.38. The normalized spacial score (nSPS) is 11.4. The van der Waals surface area contributed by atoms with E-state index in [2.05, 4.69) is 15.4 Å². The Hall–Kier alpha value is -2.98. The van der Waals surface area contributed by atoms with Crippen molar-refractivity contribution in [1.29, 1.82) is 0 Å². The highest BCUT2D eigenvalue weighted by Crippen LogP contribution is 2.28. The standard InChI is InChI=1S/C18H16ClFN4O4S/c1-11-5-6-13(10-22-11)29(27,28)16-9-12(7-8-21-18(25)26)23-24(16)15-4-2-3-14(19)17(15)20/h2-6,9-10,21H,7-8H2,1H3,(H,25,26). The summed E-state index contributed by atoms with van der Waals surface area (Å²) < 4.78 is 41.9. The molecule has 0 unspecified atom stereocenters. The second-order valence-electron chi connectivity index (χ2n) is 6.08. The van der Waals surface area contributed by atoms with E-state index in [4.69, 9.17) is 16.7 Å². The van der Waals surface area contributed by atoms with Crippen molar-refractivity contribution >= 4 is 27.5 Å². The van der Waals surface area contributed by atoms with Crippen molar-refractivity contribution in [2.45, 2.75) is 23.3 Å². The van der Waals surface area contributed by atoms with Gasteiger partial charge in [0.15, 0.2) is 10.8 Å². The average molecular weight is 439 g/mol. The lowest BCUT2D eigenvalue weighted by molar-refractivity contribution is 0.194. The van der Waals surface area contributed by atoms with Crippen LogP contribution >= 0.6 is 11.6 Å². The summed E-state index contributed by atoms with van der Waals surface area (Å²) in [7, 11) is -4.09. The lowest BCUT2D eigenvalue weighted by atomic mass is 10.3. The molecule has 8 nitrogen and oxygen atoms in total. The van der Waals surface area contributed by atoms with E-state index in [1.165, 1.54) is 36.5 Å². The fraction of sp³-hybridized carbons (Fsp3) is 0.167. The summed E-state index contributed by atoms with van der Waals surface area (Å²) in [6.07, 6.45) is 0.0990. The van der Waals surface area contributed by atoms with Crippen LogP contribution < -0.4 is 5.32 Å². The zero-order valence-corrected chi connectivity index (χ0v) is 16.7. The molecule has 0 saturated heterocycles. The number of rotatable bonds is 6. The molecule has 0 fully saturated rings. The molecule has 0 bridgehead atoms. The number of carbonyl (C=O) groups is 1. The Morgan fingerprint density at radius 1 is 1.31 bits per heavy atom. The van der Waals surface area contributed by atoms with Gasteiger partial charge >= 0.3 is 6.09 Å². The largest absolute Gasteiger partial charge is 0.465 e. The highest BCUT2D eigenvalue weighted by atomic mass is 35.5. The summed E-state index contributed by atoms with van der Waals surface area (Å²) in [6, 6.07) is 8.37. The van der Waals surface area contributed by atoms with Crippen molar-refractivity contribution in [1.82, 2.24) is 20.1 Å². The predicted molar refractivity (Wildman–Crippen MR) is 103 cm³/mol. The van der Waals surface area contributed by atoms with E-state index < -0.39 is 21.7 Å². The Morgan fingerprint density at radius 3 is 2.72 bits per heavy atom. The molecule has 0 atom stereocenters. The van der Waals surface area contributed by atoms with Crippen LogP contribution in [0.15, 0.2) is 52.5 Å². The van der Waals surface area contributed by atoms with E-state index in [1.807, 2.05) is 0 Å². The first-order valence-electron chi connectivity index (χ1n) is 8.38. The van der Waals surface area contributed by atoms with Crippen molar-refractivity contribution in [3.8, 4) is 5.69 Å². The summed E-state index contributed by atoms with van der Waals surface area (Å²) in [5, 5.41) is 14.6. The van der Waals surface area contributed by atoms with Gasteiger partial charge in [0.2, 0.25) is 9.84 Å². The summed E-state index contributed by atoms with van der Waals surface area (Å²) in [5.74, 6) is -0.828. The minimum atomic E-state index is -4.09. The molecular weight excluding hydrogens is 423 g/mol. The number of pyridine rings is 1. The third-order valence-electron chi connectivity index (χ3n) is 4.01. The maximum absolute atomic E-state index is 14.6. The Morgan fingerprint density at radius 2 is 2.07 bits per heavy atom. The fourth-order valence-corrected chi connectivity index (χ4v) is 4.09. The van der Waals surface area contributed by atoms with Gasteiger partial charge < -0.3 is 10.4 Å². The molecule has 0 aliphatic carbocycles. The fourth-order valence-electron chi connectivity index (χ4n) is 2.58. The molecular formula is C18H16ClFN4O4S. The molecule has 2 heterocycles. The Kier molecular flexibility index (Phi) is 5.85. The number of halogens is 2. The first-order chi connectivity index (χ1) is 13.7. The van der Waals surface area contributed by atoms with Crippen LogP contribution in [0.1, 0.15) is 11.4 Å². The molecule has 2 N–H and O–H groups in total. The molecule has 11 heteroatoms. The highest BCUT2D eigenvalue weighted by Gasteiger charge is 2.27. The summed E-state index contributed by atoms with van der Waals surface area (Å²) in [5.41, 5.74) is 0.754. The van der Waals surface area contributed by atoms with E-state index >= 15 is 0 Å². The van der Waals surface area contributed by atoms with Crippen molar-refractivity contribution in [3.63, 3.8) is 0 Å². The lowest BCUT2D eigenvalue weighted by Gasteiger charge is -2.10. The second kappa shape index (κ2) is 8.18. The number of hydrogen-bond donors (Lipinski definition) is 2. The first kappa shape index (κ1) is 20.7. The van der Waals surface area contributed by atoms with Gasteiger partial charge in [-0.3, -0.25) is 4.98 Å². The molecule has 3 aromatic rings. The number of hydrogen-bond acceptors (Lipinski definition) is 5. The van der Waals surface area contributed by atoms with Crippen LogP contribution in [0, 0.1) is 12.7 Å². The predicted octanol–water partition coefficient (Wildman–Crippen LogP) is 3.01. The van der Waals surface area contributed by atoms with Crippen LogP contribution in [0.5, 0.6) is 0 Å². The zero-order chi connectivity index (χ0) is 21.2. The molecule has 0 aliphatic heterocycles. The van der Waals surface area contributed by atoms with Crippen LogP contribution in [-0.2, 0) is 16.3 Å². The van der Waals surface area contributed by atoms with Gasteiger partial charge in [0.1, 0.15) is 5.69 Å². The monoisotopic (exact) mass is 438 g/mol. The van der Waals surface area contributed by atoms with Crippen LogP contribution in [-0.4, -0.2) is 40.9 Å². The van der Waals surface area contributed by atoms with Gasteiger partial charge in [-0.15, -0.1) is 0 Å². The van der Waals surface area contributed by atoms with Gasteiger partial charge in [0.05, 0.1) is 15.6 Å². The zero-order valence-electron chi connectivity index (χ0n) is 15.1. The molecule has 1 amide bonds. The molecule has 0 aliphatic rings. The van der Waals surface area contributed by atoms with Crippen LogP contribution in [0.25, 0.3) is 5.69 Å². The van der Waals surface area contributed by atoms with Gasteiger partial charge in [-0.1, -0.05) is 17.7 Å². The number of nitrogens with zero attached hydrogens (tertiary/aromatic N) is 3. The van der Waals surface area contributed by atoms with Crippen molar-refractivity contribution < 1.29 is 22.7 Å². The average Bonchev–Trinajstić information content (AvgIpc) is 3.09. The summed E-state index contributed by atoms with van der Waals surface area (Å²) in [6.45, 7) is 1.73. The number of nitrogens with one attached hydrogen (secondary N) is 1. The smallest absolute Gasteiger partial charge is 0.404 e. The van der Waals surface area contributed by atoms with Crippen molar-refractivity contribution in [3.05, 3.63) is 64.8 Å². The van der Waals surface area contributed by atoms with Crippen LogP contribution in [0.4, 0.5) is 9.18 Å². The SMILES string of the molecule is Cc1ccc(S(=O)(=O)c2cc(CCNC(=O)O)nn2-c2cccc(Cl)c2F)cn1.